The molecule has 2 fully saturated rings. The molecule has 2 amide bonds. The Hall–Kier alpha value is -5.05. The van der Waals surface area contributed by atoms with E-state index in [-0.39, 0.29) is 58.1 Å². The zero-order valence-electron chi connectivity index (χ0n) is 30.9. The summed E-state index contributed by atoms with van der Waals surface area (Å²) in [4.78, 5) is 108. The first-order chi connectivity index (χ1) is 25.1. The summed E-state index contributed by atoms with van der Waals surface area (Å²) in [6.07, 6.45) is -0.194. The lowest BCUT2D eigenvalue weighted by atomic mass is 9.84. The normalized spacial score (nSPS) is 23.0. The largest absolute Gasteiger partial charge is 0.444 e. The summed E-state index contributed by atoms with van der Waals surface area (Å²) in [5.74, 6) is -9.49. The fourth-order valence-electron chi connectivity index (χ4n) is 7.39. The number of rotatable bonds is 6. The smallest absolute Gasteiger partial charge is 0.410 e. The summed E-state index contributed by atoms with van der Waals surface area (Å²) in [6, 6.07) is 6.63. The Balaban J connectivity index is 1.18. The summed E-state index contributed by atoms with van der Waals surface area (Å²) in [6.45, 7) is 10.7. The van der Waals surface area contributed by atoms with Gasteiger partial charge in [-0.25, -0.2) is 18.0 Å². The second-order valence-electron chi connectivity index (χ2n) is 16.2. The Morgan fingerprint density at radius 1 is 0.593 bits per heavy atom. The van der Waals surface area contributed by atoms with Gasteiger partial charge in [0.05, 0.1) is 9.79 Å². The van der Waals surface area contributed by atoms with Crippen molar-refractivity contribution in [3.8, 4) is 0 Å². The van der Waals surface area contributed by atoms with Gasteiger partial charge in [0, 0.05) is 60.3 Å². The van der Waals surface area contributed by atoms with E-state index >= 15 is 0 Å². The number of hydrogen-bond acceptors (Lipinski definition) is 12. The fourth-order valence-corrected chi connectivity index (χ4v) is 8.70. The molecule has 6 rings (SSSR count). The molecule has 2 aromatic rings. The number of ketones is 6. The van der Waals surface area contributed by atoms with E-state index in [1.807, 2.05) is 0 Å². The molecule has 14 nitrogen and oxygen atoms in total. The third-order valence-corrected chi connectivity index (χ3v) is 11.7. The molecule has 54 heavy (non-hydrogen) atoms. The number of carbonyl (C=O) groups is 8. The highest BCUT2D eigenvalue weighted by molar-refractivity contribution is 7.91. The molecule has 15 heteroatoms. The number of carbonyl (C=O) groups excluding carboxylic acids is 8. The summed E-state index contributed by atoms with van der Waals surface area (Å²) in [5.41, 5.74) is -2.22. The van der Waals surface area contributed by atoms with Crippen LogP contribution in [0.2, 0.25) is 0 Å². The van der Waals surface area contributed by atoms with E-state index in [0.717, 1.165) is 24.3 Å². The van der Waals surface area contributed by atoms with Crippen molar-refractivity contribution in [3.05, 3.63) is 58.7 Å². The van der Waals surface area contributed by atoms with Gasteiger partial charge in [-0.3, -0.25) is 28.8 Å². The minimum Gasteiger partial charge on any atom is -0.444 e. The molecule has 0 aromatic heterocycles. The van der Waals surface area contributed by atoms with Crippen molar-refractivity contribution in [3.63, 3.8) is 0 Å². The average molecular weight is 763 g/mol. The SMILES string of the molecule is CC(C)(C)OC(=O)N1CCC[C@H](C(=O)C2C(=O)c3ccc(S(=O)(=O)c4ccc5c(c4)C(=O)C(C(=O)[C@H]4CCN(C(=O)OC(C)(C)C)C4)C5=O)cc3C2=O)C1. The van der Waals surface area contributed by atoms with Crippen molar-refractivity contribution in [2.75, 3.05) is 26.2 Å². The first-order valence-electron chi connectivity index (χ1n) is 17.8. The number of Topliss-reactive ketones (excluding diaryl/α,β-unsaturated/α-hetero) is 6. The number of sulfone groups is 1. The van der Waals surface area contributed by atoms with E-state index in [2.05, 4.69) is 0 Å². The van der Waals surface area contributed by atoms with Crippen molar-refractivity contribution in [2.45, 2.75) is 81.8 Å². The molecule has 2 aliphatic carbocycles. The van der Waals surface area contributed by atoms with Crippen molar-refractivity contribution >= 4 is 56.7 Å². The Labute approximate surface area is 312 Å². The minimum atomic E-state index is -4.45. The molecule has 2 aromatic carbocycles. The van der Waals surface area contributed by atoms with E-state index in [9.17, 15) is 46.8 Å². The maximum absolute atomic E-state index is 13.9. The van der Waals surface area contributed by atoms with Gasteiger partial charge in [0.2, 0.25) is 9.84 Å². The van der Waals surface area contributed by atoms with Crippen molar-refractivity contribution in [1.82, 2.24) is 9.80 Å². The minimum absolute atomic E-state index is 0.0298. The first-order valence-corrected chi connectivity index (χ1v) is 19.3. The monoisotopic (exact) mass is 762 g/mol. The number of ether oxygens (including phenoxy) is 2. The predicted molar refractivity (Wildman–Crippen MR) is 189 cm³/mol. The van der Waals surface area contributed by atoms with Crippen LogP contribution in [0.5, 0.6) is 0 Å². The zero-order valence-corrected chi connectivity index (χ0v) is 31.7. The van der Waals surface area contributed by atoms with Crippen LogP contribution in [-0.2, 0) is 28.9 Å². The summed E-state index contributed by atoms with van der Waals surface area (Å²) in [7, 11) is -4.45. The predicted octanol–water partition coefficient (Wildman–Crippen LogP) is 4.55. The van der Waals surface area contributed by atoms with Crippen molar-refractivity contribution < 1.29 is 56.2 Å². The third-order valence-electron chi connectivity index (χ3n) is 10.0. The number of hydrogen-bond donors (Lipinski definition) is 0. The van der Waals surface area contributed by atoms with Crippen LogP contribution in [0.25, 0.3) is 0 Å². The van der Waals surface area contributed by atoms with Gasteiger partial charge < -0.3 is 19.3 Å². The van der Waals surface area contributed by atoms with Gasteiger partial charge in [0.15, 0.2) is 34.7 Å². The molecule has 2 aliphatic heterocycles. The van der Waals surface area contributed by atoms with E-state index in [1.54, 1.807) is 41.5 Å². The summed E-state index contributed by atoms with van der Waals surface area (Å²) < 4.78 is 38.5. The van der Waals surface area contributed by atoms with Gasteiger partial charge in [0.25, 0.3) is 0 Å². The number of likely N-dealkylation sites (tertiary alicyclic amines) is 2. The molecule has 2 saturated heterocycles. The van der Waals surface area contributed by atoms with Crippen LogP contribution < -0.4 is 0 Å². The van der Waals surface area contributed by atoms with E-state index < -0.39 is 91.6 Å². The molecule has 0 N–H and O–H groups in total. The van der Waals surface area contributed by atoms with Crippen LogP contribution in [-0.4, -0.2) is 102 Å². The topological polar surface area (TPSA) is 196 Å². The second-order valence-corrected chi connectivity index (χ2v) is 18.2. The van der Waals surface area contributed by atoms with Crippen LogP contribution in [0.3, 0.4) is 0 Å². The number of nitrogens with zero attached hydrogens (tertiary/aromatic N) is 2. The highest BCUT2D eigenvalue weighted by atomic mass is 32.2. The van der Waals surface area contributed by atoms with Crippen LogP contribution >= 0.6 is 0 Å². The van der Waals surface area contributed by atoms with Crippen LogP contribution in [0, 0.1) is 23.7 Å². The Bertz CT molecular complexity index is 2140. The quantitative estimate of drug-likeness (QED) is 0.373. The molecule has 0 spiro atoms. The van der Waals surface area contributed by atoms with Crippen molar-refractivity contribution in [2.24, 2.45) is 23.7 Å². The maximum Gasteiger partial charge on any atom is 0.410 e. The third kappa shape index (κ3) is 7.13. The number of piperidine rings is 1. The summed E-state index contributed by atoms with van der Waals surface area (Å²) in [5, 5.41) is 0. The molecule has 286 valence electrons. The molecule has 0 radical (unpaired) electrons. The lowest BCUT2D eigenvalue weighted by molar-refractivity contribution is -0.126. The van der Waals surface area contributed by atoms with Gasteiger partial charge in [-0.05, 0) is 97.2 Å². The van der Waals surface area contributed by atoms with E-state index in [4.69, 9.17) is 9.47 Å². The lowest BCUT2D eigenvalue weighted by Gasteiger charge is -2.34. The van der Waals surface area contributed by atoms with Gasteiger partial charge in [-0.2, -0.15) is 0 Å². The Kier molecular flexibility index (Phi) is 9.78. The standard InChI is InChI=1S/C39H42N2O12S/c1-38(2,3)52-36(48)40-14-7-8-20(18-40)30(42)28-32(44)24-11-9-22(16-26(24)34(28)46)54(50,51)23-10-12-25-27(17-23)35(47)29(33(25)45)31(43)21-13-15-41(19-21)37(49)53-39(4,5)6/h9-12,16-17,20-21,28-29H,7-8,13-15,18-19H2,1-6H3/t20-,21-,28?,29?/m0/s1. The summed E-state index contributed by atoms with van der Waals surface area (Å²) >= 11 is 0. The Morgan fingerprint density at radius 3 is 1.41 bits per heavy atom. The van der Waals surface area contributed by atoms with Crippen molar-refractivity contribution in [1.29, 1.82) is 0 Å². The Morgan fingerprint density at radius 2 is 0.981 bits per heavy atom. The molecule has 4 aliphatic rings. The van der Waals surface area contributed by atoms with Gasteiger partial charge in [-0.1, -0.05) is 0 Å². The molecule has 2 unspecified atom stereocenters. The molecule has 0 saturated carbocycles. The zero-order chi connectivity index (χ0) is 39.7. The maximum atomic E-state index is 13.9. The average Bonchev–Trinajstić information content (AvgIpc) is 3.76. The number of fused-ring (bicyclic) bond motifs is 2. The van der Waals surface area contributed by atoms with Crippen LogP contribution in [0.4, 0.5) is 9.59 Å². The van der Waals surface area contributed by atoms with Gasteiger partial charge >= 0.3 is 12.2 Å². The highest BCUT2D eigenvalue weighted by Gasteiger charge is 2.49. The highest BCUT2D eigenvalue weighted by Crippen LogP contribution is 2.37. The van der Waals surface area contributed by atoms with E-state index in [0.29, 0.717) is 19.4 Å². The molecule has 4 atom stereocenters. The molecular formula is C39H42N2O12S. The van der Waals surface area contributed by atoms with Crippen LogP contribution in [0.15, 0.2) is 46.2 Å². The second kappa shape index (κ2) is 13.7. The van der Waals surface area contributed by atoms with Gasteiger partial charge in [-0.15, -0.1) is 0 Å². The number of benzene rings is 2. The first kappa shape index (κ1) is 38.7. The molecular weight excluding hydrogens is 720 g/mol. The van der Waals surface area contributed by atoms with Gasteiger partial charge in [0.1, 0.15) is 23.0 Å². The number of amides is 2. The van der Waals surface area contributed by atoms with Crippen LogP contribution in [0.1, 0.15) is 102 Å². The fraction of sp³-hybridized carbons (Fsp3) is 0.487. The molecule has 0 bridgehead atoms. The van der Waals surface area contributed by atoms with E-state index in [1.165, 1.54) is 21.9 Å². The molecule has 2 heterocycles. The lowest BCUT2D eigenvalue weighted by Crippen LogP contribution is -2.46.